The van der Waals surface area contributed by atoms with Gasteiger partial charge in [0.25, 0.3) is 0 Å². The summed E-state index contributed by atoms with van der Waals surface area (Å²) in [5.41, 5.74) is 4.34. The van der Waals surface area contributed by atoms with Crippen LogP contribution in [0.25, 0.3) is 0 Å². The highest BCUT2D eigenvalue weighted by Gasteiger charge is 2.42. The van der Waals surface area contributed by atoms with Gasteiger partial charge in [-0.1, -0.05) is 6.08 Å². The summed E-state index contributed by atoms with van der Waals surface area (Å²) in [5, 5.41) is 8.82. The summed E-state index contributed by atoms with van der Waals surface area (Å²) in [6.07, 6.45) is 3.35. The number of carbonyl (C=O) groups is 2. The molecule has 0 aliphatic carbocycles. The zero-order valence-corrected chi connectivity index (χ0v) is 8.06. The lowest BCUT2D eigenvalue weighted by molar-refractivity contribution is -0.142. The number of amides is 1. The van der Waals surface area contributed by atoms with Crippen LogP contribution >= 0.6 is 0 Å². The normalized spacial score (nSPS) is 27.1. The van der Waals surface area contributed by atoms with Crippen LogP contribution in [0.3, 0.4) is 0 Å². The quantitative estimate of drug-likeness (QED) is 0.590. The zero-order chi connectivity index (χ0) is 10.8. The molecule has 5 nitrogen and oxygen atoms in total. The van der Waals surface area contributed by atoms with Crippen molar-refractivity contribution in [1.29, 1.82) is 0 Å². The van der Waals surface area contributed by atoms with Crippen molar-refractivity contribution >= 4 is 11.9 Å². The number of carboxylic acid groups (broad SMARTS) is 1. The second kappa shape index (κ2) is 3.79. The molecule has 1 unspecified atom stereocenters. The van der Waals surface area contributed by atoms with Gasteiger partial charge >= 0.3 is 5.97 Å². The largest absolute Gasteiger partial charge is 0.480 e. The summed E-state index contributed by atoms with van der Waals surface area (Å²) in [7, 11) is 0. The molecule has 5 heteroatoms. The van der Waals surface area contributed by atoms with Gasteiger partial charge in [0, 0.05) is 13.1 Å². The summed E-state index contributed by atoms with van der Waals surface area (Å²) >= 11 is 0. The lowest BCUT2D eigenvalue weighted by Gasteiger charge is -2.18. The van der Waals surface area contributed by atoms with E-state index in [4.69, 9.17) is 10.8 Å². The third kappa shape index (κ3) is 1.93. The maximum Gasteiger partial charge on any atom is 0.325 e. The van der Waals surface area contributed by atoms with Crippen LogP contribution in [0.2, 0.25) is 0 Å². The lowest BCUT2D eigenvalue weighted by Crippen LogP contribution is -2.50. The fraction of sp³-hybridized carbons (Fsp3) is 0.556. The van der Waals surface area contributed by atoms with Gasteiger partial charge in [0.2, 0.25) is 5.91 Å². The van der Waals surface area contributed by atoms with E-state index in [-0.39, 0.29) is 12.5 Å². The van der Waals surface area contributed by atoms with Crippen molar-refractivity contribution in [2.24, 2.45) is 5.73 Å². The number of nitrogens with zero attached hydrogens (tertiary/aromatic N) is 1. The number of hydrogen-bond acceptors (Lipinski definition) is 3. The molecule has 1 atom stereocenters. The van der Waals surface area contributed by atoms with Gasteiger partial charge in [-0.05, 0) is 19.4 Å². The van der Waals surface area contributed by atoms with Crippen molar-refractivity contribution < 1.29 is 14.7 Å². The van der Waals surface area contributed by atoms with Crippen LogP contribution in [0, 0.1) is 0 Å². The number of carboxylic acids is 1. The predicted octanol–water partition coefficient (Wildman–Crippen LogP) is -0.423. The van der Waals surface area contributed by atoms with E-state index in [0.717, 1.165) is 0 Å². The molecule has 1 saturated heterocycles. The maximum absolute atomic E-state index is 11.3. The molecule has 0 radical (unpaired) electrons. The van der Waals surface area contributed by atoms with Crippen LogP contribution in [-0.2, 0) is 9.59 Å². The summed E-state index contributed by atoms with van der Waals surface area (Å²) in [4.78, 5) is 23.6. The number of hydrogen-bond donors (Lipinski definition) is 2. The molecule has 1 aliphatic heterocycles. The molecule has 0 aromatic carbocycles. The Morgan fingerprint density at radius 2 is 2.21 bits per heavy atom. The van der Waals surface area contributed by atoms with E-state index < -0.39 is 11.5 Å². The predicted molar refractivity (Wildman–Crippen MR) is 50.6 cm³/mol. The van der Waals surface area contributed by atoms with E-state index in [1.807, 2.05) is 0 Å². The van der Waals surface area contributed by atoms with Crippen molar-refractivity contribution in [3.63, 3.8) is 0 Å². The minimum Gasteiger partial charge on any atom is -0.480 e. The first-order valence-corrected chi connectivity index (χ1v) is 4.43. The molecule has 1 rings (SSSR count). The fourth-order valence-electron chi connectivity index (χ4n) is 1.44. The summed E-state index contributed by atoms with van der Waals surface area (Å²) in [6.45, 7) is 2.23. The van der Waals surface area contributed by atoms with Gasteiger partial charge in [0.1, 0.15) is 5.54 Å². The van der Waals surface area contributed by atoms with Crippen LogP contribution in [-0.4, -0.2) is 40.5 Å². The molecule has 1 amide bonds. The Balaban J connectivity index is 2.65. The monoisotopic (exact) mass is 198 g/mol. The van der Waals surface area contributed by atoms with Crippen LogP contribution in [0.15, 0.2) is 12.2 Å². The number of carbonyl (C=O) groups excluding carboxylic acids is 1. The molecule has 14 heavy (non-hydrogen) atoms. The Hall–Kier alpha value is -1.36. The molecule has 1 fully saturated rings. The number of rotatable bonds is 2. The Morgan fingerprint density at radius 3 is 2.64 bits per heavy atom. The summed E-state index contributed by atoms with van der Waals surface area (Å²) in [5.74, 6) is -1.23. The van der Waals surface area contributed by atoms with E-state index in [1.54, 1.807) is 13.0 Å². The fourth-order valence-corrected chi connectivity index (χ4v) is 1.44. The first kappa shape index (κ1) is 10.7. The van der Waals surface area contributed by atoms with E-state index in [1.165, 1.54) is 11.0 Å². The smallest absolute Gasteiger partial charge is 0.325 e. The van der Waals surface area contributed by atoms with Gasteiger partial charge in [0.05, 0.1) is 0 Å². The molecule has 1 heterocycles. The highest BCUT2D eigenvalue weighted by atomic mass is 16.4. The molecule has 0 aromatic rings. The first-order chi connectivity index (χ1) is 6.49. The molecule has 1 aliphatic rings. The third-order valence-corrected chi connectivity index (χ3v) is 2.35. The van der Waals surface area contributed by atoms with Crippen molar-refractivity contribution in [3.8, 4) is 0 Å². The van der Waals surface area contributed by atoms with Crippen molar-refractivity contribution in [3.05, 3.63) is 12.2 Å². The van der Waals surface area contributed by atoms with E-state index in [2.05, 4.69) is 0 Å². The highest BCUT2D eigenvalue weighted by molar-refractivity contribution is 5.89. The van der Waals surface area contributed by atoms with Gasteiger partial charge in [-0.3, -0.25) is 9.59 Å². The van der Waals surface area contributed by atoms with Gasteiger partial charge in [0.15, 0.2) is 0 Å². The highest BCUT2D eigenvalue weighted by Crippen LogP contribution is 2.19. The van der Waals surface area contributed by atoms with E-state index in [9.17, 15) is 9.59 Å². The molecule has 0 aromatic heterocycles. The molecule has 0 spiro atoms. The number of nitrogens with two attached hydrogens (primary N) is 1. The van der Waals surface area contributed by atoms with Crippen LogP contribution in [0.5, 0.6) is 0 Å². The standard InChI is InChI=1S/C9H14N2O3/c1-2-3-7(12)11-5-4-9(10,6-11)8(13)14/h2-3H,4-6,10H2,1H3,(H,13,14)/b3-2+. The molecule has 0 bridgehead atoms. The second-order valence-electron chi connectivity index (χ2n) is 3.47. The van der Waals surface area contributed by atoms with Crippen LogP contribution in [0.1, 0.15) is 13.3 Å². The van der Waals surface area contributed by atoms with Crippen LogP contribution < -0.4 is 5.73 Å². The lowest BCUT2D eigenvalue weighted by atomic mass is 10.0. The molecular weight excluding hydrogens is 184 g/mol. The van der Waals surface area contributed by atoms with E-state index >= 15 is 0 Å². The SMILES string of the molecule is C/C=C/C(=O)N1CCC(N)(C(=O)O)C1. The van der Waals surface area contributed by atoms with Crippen LogP contribution in [0.4, 0.5) is 0 Å². The average Bonchev–Trinajstić information content (AvgIpc) is 2.50. The topological polar surface area (TPSA) is 83.6 Å². The molecule has 3 N–H and O–H groups in total. The summed E-state index contributed by atoms with van der Waals surface area (Å²) < 4.78 is 0. The van der Waals surface area contributed by atoms with Crippen molar-refractivity contribution in [1.82, 2.24) is 4.90 Å². The first-order valence-electron chi connectivity index (χ1n) is 4.43. The van der Waals surface area contributed by atoms with Crippen molar-refractivity contribution in [2.75, 3.05) is 13.1 Å². The number of allylic oxidation sites excluding steroid dienone is 1. The Labute approximate surface area is 82.2 Å². The van der Waals surface area contributed by atoms with Gasteiger partial charge < -0.3 is 15.7 Å². The summed E-state index contributed by atoms with van der Waals surface area (Å²) in [6, 6.07) is 0. The minimum atomic E-state index is -1.27. The van der Waals surface area contributed by atoms with Crippen molar-refractivity contribution in [2.45, 2.75) is 18.9 Å². The third-order valence-electron chi connectivity index (χ3n) is 2.35. The van der Waals surface area contributed by atoms with E-state index in [0.29, 0.717) is 13.0 Å². The zero-order valence-electron chi connectivity index (χ0n) is 8.06. The minimum absolute atomic E-state index is 0.0888. The second-order valence-corrected chi connectivity index (χ2v) is 3.47. The maximum atomic E-state index is 11.3. The Morgan fingerprint density at radius 1 is 1.57 bits per heavy atom. The number of likely N-dealkylation sites (tertiary alicyclic amines) is 1. The Kier molecular flexibility index (Phi) is 2.90. The Bertz CT molecular complexity index is 288. The number of aliphatic carboxylic acids is 1. The van der Waals surface area contributed by atoms with Gasteiger partial charge in [-0.2, -0.15) is 0 Å². The molecular formula is C9H14N2O3. The van der Waals surface area contributed by atoms with Gasteiger partial charge in [-0.25, -0.2) is 0 Å². The van der Waals surface area contributed by atoms with Gasteiger partial charge in [-0.15, -0.1) is 0 Å². The molecule has 78 valence electrons. The average molecular weight is 198 g/mol. The molecule has 0 saturated carbocycles.